The molecule has 1 aromatic carbocycles. The lowest BCUT2D eigenvalue weighted by Gasteiger charge is -2.06. The van der Waals surface area contributed by atoms with Gasteiger partial charge in [0.1, 0.15) is 0 Å². The zero-order valence-corrected chi connectivity index (χ0v) is 9.64. The van der Waals surface area contributed by atoms with E-state index in [-0.39, 0.29) is 0 Å². The van der Waals surface area contributed by atoms with Crippen molar-refractivity contribution in [1.82, 2.24) is 4.98 Å². The van der Waals surface area contributed by atoms with Crippen LogP contribution in [0, 0.1) is 0 Å². The van der Waals surface area contributed by atoms with Crippen molar-refractivity contribution in [3.63, 3.8) is 0 Å². The van der Waals surface area contributed by atoms with Gasteiger partial charge in [-0.1, -0.05) is 27.5 Å². The number of aromatic nitrogens is 1. The lowest BCUT2D eigenvalue weighted by molar-refractivity contribution is 1.01. The number of pyridine rings is 1. The highest BCUT2D eigenvalue weighted by molar-refractivity contribution is 9.10. The second-order valence-corrected chi connectivity index (χ2v) is 4.18. The van der Waals surface area contributed by atoms with Gasteiger partial charge in [0.05, 0.1) is 5.69 Å². The van der Waals surface area contributed by atoms with E-state index >= 15 is 0 Å². The first-order chi connectivity index (χ1) is 6.74. The van der Waals surface area contributed by atoms with Crippen LogP contribution in [0.2, 0.25) is 5.02 Å². The molecule has 4 heteroatoms. The first-order valence-corrected chi connectivity index (χ1v) is 5.33. The van der Waals surface area contributed by atoms with Crippen molar-refractivity contribution < 1.29 is 0 Å². The van der Waals surface area contributed by atoms with Crippen LogP contribution >= 0.6 is 27.5 Å². The van der Waals surface area contributed by atoms with Gasteiger partial charge in [-0.3, -0.25) is 4.98 Å². The number of nitrogens with two attached hydrogens (primary N) is 1. The quantitative estimate of drug-likeness (QED) is 0.865. The van der Waals surface area contributed by atoms with Crippen LogP contribution in [0.5, 0.6) is 0 Å². The van der Waals surface area contributed by atoms with E-state index in [1.807, 2.05) is 18.2 Å². The smallest absolute Gasteiger partial charge is 0.0629 e. The fourth-order valence-electron chi connectivity index (χ4n) is 1.44. The molecule has 0 saturated carbocycles. The molecule has 0 unspecified atom stereocenters. The van der Waals surface area contributed by atoms with Crippen LogP contribution < -0.4 is 5.73 Å². The number of fused-ring (bicyclic) bond motifs is 1. The van der Waals surface area contributed by atoms with Crippen molar-refractivity contribution in [2.75, 3.05) is 0 Å². The van der Waals surface area contributed by atoms with Crippen LogP contribution in [0.15, 0.2) is 28.9 Å². The fraction of sp³-hybridized carbons (Fsp3) is 0.100. The lowest BCUT2D eigenvalue weighted by atomic mass is 10.1. The maximum Gasteiger partial charge on any atom is 0.0629 e. The van der Waals surface area contributed by atoms with Crippen molar-refractivity contribution in [2.45, 2.75) is 6.54 Å². The molecule has 0 aliphatic heterocycles. The summed E-state index contributed by atoms with van der Waals surface area (Å²) in [7, 11) is 0. The molecule has 0 bridgehead atoms. The van der Waals surface area contributed by atoms with Gasteiger partial charge >= 0.3 is 0 Å². The highest BCUT2D eigenvalue weighted by Gasteiger charge is 2.07. The maximum atomic E-state index is 6.07. The number of halogens is 2. The minimum absolute atomic E-state index is 0.413. The van der Waals surface area contributed by atoms with Crippen molar-refractivity contribution in [3.05, 3.63) is 39.6 Å². The number of hydrogen-bond donors (Lipinski definition) is 1. The molecule has 14 heavy (non-hydrogen) atoms. The molecule has 0 aliphatic carbocycles. The molecule has 0 spiro atoms. The Balaban J connectivity index is 2.92. The predicted molar refractivity (Wildman–Crippen MR) is 62.3 cm³/mol. The molecule has 0 saturated heterocycles. The summed E-state index contributed by atoms with van der Waals surface area (Å²) in [4.78, 5) is 4.21. The minimum Gasteiger partial charge on any atom is -0.325 e. The summed E-state index contributed by atoms with van der Waals surface area (Å²) in [6, 6.07) is 5.65. The Morgan fingerprint density at radius 3 is 2.86 bits per heavy atom. The third-order valence-electron chi connectivity index (χ3n) is 2.09. The van der Waals surface area contributed by atoms with Crippen LogP contribution in [0.4, 0.5) is 0 Å². The summed E-state index contributed by atoms with van der Waals surface area (Å²) in [5.74, 6) is 0. The monoisotopic (exact) mass is 270 g/mol. The fourth-order valence-corrected chi connectivity index (χ4v) is 2.24. The Labute approximate surface area is 95.2 Å². The van der Waals surface area contributed by atoms with Gasteiger partial charge in [-0.05, 0) is 18.2 Å². The van der Waals surface area contributed by atoms with Gasteiger partial charge in [0.25, 0.3) is 0 Å². The van der Waals surface area contributed by atoms with Gasteiger partial charge in [0.15, 0.2) is 0 Å². The second kappa shape index (κ2) is 3.85. The molecule has 72 valence electrons. The van der Waals surface area contributed by atoms with Crippen molar-refractivity contribution in [3.8, 4) is 0 Å². The van der Waals surface area contributed by atoms with Gasteiger partial charge in [-0.15, -0.1) is 0 Å². The van der Waals surface area contributed by atoms with E-state index < -0.39 is 0 Å². The number of rotatable bonds is 1. The third kappa shape index (κ3) is 1.52. The average molecular weight is 272 g/mol. The molecule has 1 aromatic heterocycles. The van der Waals surface area contributed by atoms with E-state index in [1.54, 1.807) is 6.20 Å². The lowest BCUT2D eigenvalue weighted by Crippen LogP contribution is -2.00. The molecular formula is C10H8BrClN2. The Hall–Kier alpha value is -0.640. The molecule has 2 N–H and O–H groups in total. The molecule has 0 aliphatic rings. The number of nitrogens with zero attached hydrogens (tertiary/aromatic N) is 1. The van der Waals surface area contributed by atoms with Crippen LogP contribution in [0.1, 0.15) is 5.69 Å². The predicted octanol–water partition coefficient (Wildman–Crippen LogP) is 3.11. The van der Waals surface area contributed by atoms with E-state index in [0.29, 0.717) is 6.54 Å². The van der Waals surface area contributed by atoms with E-state index in [0.717, 1.165) is 26.0 Å². The Bertz CT molecular complexity index is 485. The van der Waals surface area contributed by atoms with Crippen LogP contribution in [0.3, 0.4) is 0 Å². The summed E-state index contributed by atoms with van der Waals surface area (Å²) in [6.45, 7) is 0.413. The maximum absolute atomic E-state index is 6.07. The summed E-state index contributed by atoms with van der Waals surface area (Å²) < 4.78 is 0.977. The van der Waals surface area contributed by atoms with Gasteiger partial charge in [-0.2, -0.15) is 0 Å². The third-order valence-corrected chi connectivity index (χ3v) is 3.09. The number of hydrogen-bond acceptors (Lipinski definition) is 2. The summed E-state index contributed by atoms with van der Waals surface area (Å²) >= 11 is 9.54. The highest BCUT2D eigenvalue weighted by Crippen LogP contribution is 2.31. The van der Waals surface area contributed by atoms with Crippen LogP contribution in [-0.2, 0) is 6.54 Å². The van der Waals surface area contributed by atoms with E-state index in [4.69, 9.17) is 17.3 Å². The highest BCUT2D eigenvalue weighted by atomic mass is 79.9. The van der Waals surface area contributed by atoms with Gasteiger partial charge in [-0.25, -0.2) is 0 Å². The topological polar surface area (TPSA) is 38.9 Å². The Kier molecular flexibility index (Phi) is 2.72. The van der Waals surface area contributed by atoms with Gasteiger partial charge in [0.2, 0.25) is 0 Å². The zero-order valence-electron chi connectivity index (χ0n) is 7.30. The normalized spacial score (nSPS) is 10.8. The molecule has 2 rings (SSSR count). The molecule has 1 heterocycles. The second-order valence-electron chi connectivity index (χ2n) is 2.91. The molecule has 2 aromatic rings. The average Bonchev–Trinajstić information content (AvgIpc) is 2.23. The molecule has 0 amide bonds. The largest absolute Gasteiger partial charge is 0.325 e. The number of benzene rings is 1. The minimum atomic E-state index is 0.413. The van der Waals surface area contributed by atoms with Crippen molar-refractivity contribution >= 4 is 38.3 Å². The Morgan fingerprint density at radius 2 is 2.14 bits per heavy atom. The van der Waals surface area contributed by atoms with E-state index in [2.05, 4.69) is 20.9 Å². The SMILES string of the molecule is NCc1nccc2c(Cl)ccc(Br)c12. The molecule has 2 nitrogen and oxygen atoms in total. The molecule has 0 fully saturated rings. The van der Waals surface area contributed by atoms with Crippen molar-refractivity contribution in [2.24, 2.45) is 5.73 Å². The summed E-state index contributed by atoms with van der Waals surface area (Å²) in [5.41, 5.74) is 6.47. The van der Waals surface area contributed by atoms with Gasteiger partial charge in [0, 0.05) is 33.0 Å². The van der Waals surface area contributed by atoms with Crippen LogP contribution in [-0.4, -0.2) is 4.98 Å². The summed E-state index contributed by atoms with van der Waals surface area (Å²) in [5, 5.41) is 2.71. The zero-order chi connectivity index (χ0) is 10.1. The van der Waals surface area contributed by atoms with E-state index in [9.17, 15) is 0 Å². The first kappa shape index (κ1) is 9.90. The summed E-state index contributed by atoms with van der Waals surface area (Å²) in [6.07, 6.45) is 1.73. The Morgan fingerprint density at radius 1 is 1.36 bits per heavy atom. The molecule has 0 atom stereocenters. The van der Waals surface area contributed by atoms with Crippen LogP contribution in [0.25, 0.3) is 10.8 Å². The first-order valence-electron chi connectivity index (χ1n) is 4.15. The standard InChI is InChI=1S/C10H8BrClN2/c11-7-1-2-8(12)6-3-4-14-9(5-13)10(6)7/h1-4H,5,13H2. The molecular weight excluding hydrogens is 263 g/mol. The van der Waals surface area contributed by atoms with E-state index in [1.165, 1.54) is 0 Å². The molecule has 0 radical (unpaired) electrons. The van der Waals surface area contributed by atoms with Crippen molar-refractivity contribution in [1.29, 1.82) is 0 Å². The van der Waals surface area contributed by atoms with Gasteiger partial charge < -0.3 is 5.73 Å².